The second-order valence-corrected chi connectivity index (χ2v) is 4.67. The molecule has 8 nitrogen and oxygen atoms in total. The number of nitrogens with zero attached hydrogens (tertiary/aromatic N) is 6. The zero-order valence-corrected chi connectivity index (χ0v) is 12.1. The summed E-state index contributed by atoms with van der Waals surface area (Å²) in [4.78, 5) is 24.3. The van der Waals surface area contributed by atoms with Gasteiger partial charge in [-0.2, -0.15) is 10.1 Å². The molecule has 0 saturated heterocycles. The highest BCUT2D eigenvalue weighted by Crippen LogP contribution is 2.05. The van der Waals surface area contributed by atoms with Crippen LogP contribution in [0.2, 0.25) is 0 Å². The van der Waals surface area contributed by atoms with Crippen molar-refractivity contribution in [3.63, 3.8) is 0 Å². The van der Waals surface area contributed by atoms with E-state index in [1.165, 1.54) is 10.7 Å². The van der Waals surface area contributed by atoms with Gasteiger partial charge < -0.3 is 0 Å². The van der Waals surface area contributed by atoms with Crippen molar-refractivity contribution in [1.82, 2.24) is 30.0 Å². The van der Waals surface area contributed by atoms with Gasteiger partial charge in [0.25, 0.3) is 5.78 Å². The van der Waals surface area contributed by atoms with Crippen LogP contribution in [0.25, 0.3) is 5.78 Å². The Hall–Kier alpha value is -3.16. The first-order valence-electron chi connectivity index (χ1n) is 6.58. The van der Waals surface area contributed by atoms with Crippen LogP contribution in [0.1, 0.15) is 27.6 Å². The van der Waals surface area contributed by atoms with Gasteiger partial charge in [0.1, 0.15) is 0 Å². The first kappa shape index (κ1) is 13.8. The van der Waals surface area contributed by atoms with Gasteiger partial charge in [0.05, 0.1) is 6.21 Å². The van der Waals surface area contributed by atoms with E-state index >= 15 is 0 Å². The van der Waals surface area contributed by atoms with Gasteiger partial charge in [-0.15, -0.1) is 5.10 Å². The maximum Gasteiger partial charge on any atom is 0.311 e. The van der Waals surface area contributed by atoms with Gasteiger partial charge in [-0.3, -0.25) is 9.78 Å². The highest BCUT2D eigenvalue weighted by Gasteiger charge is 2.14. The molecule has 1 amide bonds. The van der Waals surface area contributed by atoms with Crippen molar-refractivity contribution in [2.75, 3.05) is 0 Å². The summed E-state index contributed by atoms with van der Waals surface area (Å²) in [5.74, 6) is -0.0916. The van der Waals surface area contributed by atoms with Crippen LogP contribution in [-0.2, 0) is 0 Å². The molecule has 0 radical (unpaired) electrons. The molecule has 0 aliphatic carbocycles. The second-order valence-electron chi connectivity index (χ2n) is 4.67. The van der Waals surface area contributed by atoms with Crippen LogP contribution in [0.5, 0.6) is 0 Å². The molecular weight excluding hydrogens is 282 g/mol. The first-order chi connectivity index (χ1) is 10.6. The zero-order valence-electron chi connectivity index (χ0n) is 12.1. The number of pyridine rings is 1. The van der Waals surface area contributed by atoms with Crippen molar-refractivity contribution in [1.29, 1.82) is 0 Å². The third kappa shape index (κ3) is 2.80. The van der Waals surface area contributed by atoms with Gasteiger partial charge in [-0.05, 0) is 26.0 Å². The lowest BCUT2D eigenvalue weighted by Gasteiger charge is -1.97. The second kappa shape index (κ2) is 5.68. The molecule has 0 aliphatic rings. The molecule has 0 spiro atoms. The highest BCUT2D eigenvalue weighted by molar-refractivity contribution is 5.91. The van der Waals surface area contributed by atoms with Crippen molar-refractivity contribution < 1.29 is 4.79 Å². The van der Waals surface area contributed by atoms with E-state index in [1.807, 2.05) is 26.0 Å². The number of hydrogen-bond acceptors (Lipinski definition) is 6. The number of nitrogens with one attached hydrogen (secondary N) is 1. The number of hydrazone groups is 1. The fraction of sp³-hybridized carbons (Fsp3) is 0.143. The number of aromatic nitrogens is 5. The van der Waals surface area contributed by atoms with E-state index in [4.69, 9.17) is 0 Å². The molecule has 0 saturated carbocycles. The lowest BCUT2D eigenvalue weighted by atomic mass is 10.3. The molecule has 3 heterocycles. The molecule has 0 aromatic carbocycles. The Labute approximate surface area is 125 Å². The molecule has 0 fully saturated rings. The van der Waals surface area contributed by atoms with E-state index in [0.29, 0.717) is 5.78 Å². The predicted molar refractivity (Wildman–Crippen MR) is 79.6 cm³/mol. The minimum atomic E-state index is -0.498. The average molecular weight is 295 g/mol. The van der Waals surface area contributed by atoms with Crippen molar-refractivity contribution in [2.45, 2.75) is 13.8 Å². The molecular formula is C14H13N7O. The molecule has 3 aromatic rings. The van der Waals surface area contributed by atoms with Crippen molar-refractivity contribution in [3.8, 4) is 0 Å². The fourth-order valence-electron chi connectivity index (χ4n) is 1.93. The Morgan fingerprint density at radius 2 is 2.23 bits per heavy atom. The summed E-state index contributed by atoms with van der Waals surface area (Å²) in [6, 6.07) is 5.47. The van der Waals surface area contributed by atoms with Crippen molar-refractivity contribution in [2.24, 2.45) is 5.10 Å². The number of carbonyl (C=O) groups is 1. The first-order valence-corrected chi connectivity index (χ1v) is 6.58. The smallest absolute Gasteiger partial charge is 0.264 e. The molecule has 1 N–H and O–H groups in total. The van der Waals surface area contributed by atoms with Crippen LogP contribution in [-0.4, -0.2) is 36.7 Å². The van der Waals surface area contributed by atoms with Crippen LogP contribution >= 0.6 is 0 Å². The van der Waals surface area contributed by atoms with E-state index < -0.39 is 5.91 Å². The maximum absolute atomic E-state index is 12.0. The molecule has 0 unspecified atom stereocenters. The van der Waals surface area contributed by atoms with Crippen LogP contribution in [0.4, 0.5) is 0 Å². The van der Waals surface area contributed by atoms with Gasteiger partial charge in [0.15, 0.2) is 0 Å². The number of carbonyl (C=O) groups excluding carboxylic acids is 1. The zero-order chi connectivity index (χ0) is 15.5. The molecule has 3 aromatic heterocycles. The molecule has 0 atom stereocenters. The van der Waals surface area contributed by atoms with Crippen LogP contribution in [0, 0.1) is 13.8 Å². The molecule has 8 heteroatoms. The van der Waals surface area contributed by atoms with Gasteiger partial charge >= 0.3 is 5.91 Å². The normalized spacial score (nSPS) is 11.2. The third-order valence-corrected chi connectivity index (χ3v) is 2.89. The summed E-state index contributed by atoms with van der Waals surface area (Å²) >= 11 is 0. The van der Waals surface area contributed by atoms with Crippen molar-refractivity contribution in [3.05, 3.63) is 53.4 Å². The van der Waals surface area contributed by atoms with Gasteiger partial charge in [-0.25, -0.2) is 14.9 Å². The molecule has 3 rings (SSSR count). The summed E-state index contributed by atoms with van der Waals surface area (Å²) in [7, 11) is 0. The summed E-state index contributed by atoms with van der Waals surface area (Å²) in [6.45, 7) is 3.73. The predicted octanol–water partition coefficient (Wildman–Crippen LogP) is 0.900. The lowest BCUT2D eigenvalue weighted by Crippen LogP contribution is -2.19. The monoisotopic (exact) mass is 295 g/mol. The van der Waals surface area contributed by atoms with Crippen molar-refractivity contribution >= 4 is 17.9 Å². The van der Waals surface area contributed by atoms with E-state index in [1.54, 1.807) is 18.5 Å². The Morgan fingerprint density at radius 1 is 1.36 bits per heavy atom. The van der Waals surface area contributed by atoms with Crippen LogP contribution in [0.3, 0.4) is 0 Å². The summed E-state index contributed by atoms with van der Waals surface area (Å²) in [5, 5.41) is 7.98. The number of amides is 1. The molecule has 0 aliphatic heterocycles. The quantitative estimate of drug-likeness (QED) is 0.572. The Morgan fingerprint density at radius 3 is 3.00 bits per heavy atom. The Bertz CT molecular complexity index is 854. The van der Waals surface area contributed by atoms with E-state index in [9.17, 15) is 4.79 Å². The lowest BCUT2D eigenvalue weighted by molar-refractivity contribution is 0.0945. The van der Waals surface area contributed by atoms with E-state index in [0.717, 1.165) is 17.0 Å². The SMILES string of the molecule is Cc1cc(C)n2nc(C(=O)N/N=C\c3cccnc3)nc2n1. The summed E-state index contributed by atoms with van der Waals surface area (Å²) in [5.41, 5.74) is 4.83. The number of fused-ring (bicyclic) bond motifs is 1. The van der Waals surface area contributed by atoms with Gasteiger partial charge in [-0.1, -0.05) is 6.07 Å². The van der Waals surface area contributed by atoms with E-state index in [2.05, 4.69) is 30.6 Å². The van der Waals surface area contributed by atoms with Gasteiger partial charge in [0, 0.05) is 29.3 Å². The number of rotatable bonds is 3. The third-order valence-electron chi connectivity index (χ3n) is 2.89. The molecule has 110 valence electrons. The summed E-state index contributed by atoms with van der Waals surface area (Å²) in [6.07, 6.45) is 4.79. The molecule has 22 heavy (non-hydrogen) atoms. The fourth-order valence-corrected chi connectivity index (χ4v) is 1.93. The minimum absolute atomic E-state index is 0.0181. The highest BCUT2D eigenvalue weighted by atomic mass is 16.2. The van der Waals surface area contributed by atoms with E-state index in [-0.39, 0.29) is 5.82 Å². The average Bonchev–Trinajstić information content (AvgIpc) is 2.92. The number of hydrogen-bond donors (Lipinski definition) is 1. The largest absolute Gasteiger partial charge is 0.311 e. The Balaban J connectivity index is 1.78. The Kier molecular flexibility index (Phi) is 3.57. The molecule has 0 bridgehead atoms. The van der Waals surface area contributed by atoms with Gasteiger partial charge in [0.2, 0.25) is 5.82 Å². The standard InChI is InChI=1S/C14H13N7O/c1-9-6-10(2)21-14(17-9)18-12(20-21)13(22)19-16-8-11-4-3-5-15-7-11/h3-8H,1-2H3,(H,19,22)/b16-8-. The maximum atomic E-state index is 12.0. The minimum Gasteiger partial charge on any atom is -0.264 e. The number of aryl methyl sites for hydroxylation is 2. The summed E-state index contributed by atoms with van der Waals surface area (Å²) < 4.78 is 1.52. The topological polar surface area (TPSA) is 97.4 Å². The van der Waals surface area contributed by atoms with Crippen LogP contribution in [0.15, 0.2) is 35.7 Å². The van der Waals surface area contributed by atoms with Crippen LogP contribution < -0.4 is 5.43 Å².